The maximum atomic E-state index is 11.8. The normalized spacial score (nSPS) is 10.2. The van der Waals surface area contributed by atoms with E-state index in [1.54, 1.807) is 27.1 Å². The minimum absolute atomic E-state index is 0.0269. The molecule has 0 bridgehead atoms. The quantitative estimate of drug-likeness (QED) is 0.735. The van der Waals surface area contributed by atoms with Crippen LogP contribution >= 0.6 is 0 Å². The van der Waals surface area contributed by atoms with E-state index in [1.165, 1.54) is 4.90 Å². The van der Waals surface area contributed by atoms with Crippen molar-refractivity contribution in [3.8, 4) is 0 Å². The van der Waals surface area contributed by atoms with E-state index in [0.717, 1.165) is 0 Å². The van der Waals surface area contributed by atoms with E-state index >= 15 is 0 Å². The number of carboxylic acids is 1. The van der Waals surface area contributed by atoms with Gasteiger partial charge in [-0.2, -0.15) is 0 Å². The summed E-state index contributed by atoms with van der Waals surface area (Å²) in [5.74, 6) is -1.11. The van der Waals surface area contributed by atoms with Crippen LogP contribution in [0.15, 0.2) is 6.07 Å². The van der Waals surface area contributed by atoms with E-state index < -0.39 is 5.97 Å². The molecule has 0 atom stereocenters. The minimum atomic E-state index is -1.11. The van der Waals surface area contributed by atoms with Gasteiger partial charge in [0.1, 0.15) is 5.69 Å². The third-order valence-corrected chi connectivity index (χ3v) is 2.39. The fourth-order valence-electron chi connectivity index (χ4n) is 1.40. The molecule has 0 aliphatic carbocycles. The lowest BCUT2D eigenvalue weighted by molar-refractivity contribution is 0.0692. The first kappa shape index (κ1) is 14.0. The molecule has 1 aromatic heterocycles. The fourth-order valence-corrected chi connectivity index (χ4v) is 1.40. The van der Waals surface area contributed by atoms with Crippen LogP contribution in [0.5, 0.6) is 0 Å². The van der Waals surface area contributed by atoms with Gasteiger partial charge in [-0.05, 0) is 13.0 Å². The van der Waals surface area contributed by atoms with Crippen LogP contribution in [0.2, 0.25) is 0 Å². The number of H-pyrrole nitrogens is 1. The van der Waals surface area contributed by atoms with Crippen molar-refractivity contribution in [2.45, 2.75) is 6.92 Å². The molecular weight excluding hydrogens is 238 g/mol. The van der Waals surface area contributed by atoms with Gasteiger partial charge < -0.3 is 25.0 Å². The number of anilines is 1. The third-order valence-electron chi connectivity index (χ3n) is 2.39. The third kappa shape index (κ3) is 3.49. The Labute approximate surface area is 105 Å². The molecule has 100 valence electrons. The van der Waals surface area contributed by atoms with Crippen LogP contribution in [-0.4, -0.2) is 54.3 Å². The van der Waals surface area contributed by atoms with Crippen molar-refractivity contribution in [3.05, 3.63) is 17.5 Å². The van der Waals surface area contributed by atoms with Crippen molar-refractivity contribution in [3.63, 3.8) is 0 Å². The highest BCUT2D eigenvalue weighted by Gasteiger charge is 2.16. The van der Waals surface area contributed by atoms with Gasteiger partial charge >= 0.3 is 12.0 Å². The van der Waals surface area contributed by atoms with Crippen molar-refractivity contribution in [2.24, 2.45) is 0 Å². The van der Waals surface area contributed by atoms with Gasteiger partial charge in [0.25, 0.3) is 0 Å². The van der Waals surface area contributed by atoms with Gasteiger partial charge in [-0.15, -0.1) is 0 Å². The van der Waals surface area contributed by atoms with Crippen molar-refractivity contribution in [1.82, 2.24) is 9.88 Å². The Balaban J connectivity index is 2.72. The molecule has 0 spiro atoms. The first-order valence-corrected chi connectivity index (χ1v) is 5.39. The summed E-state index contributed by atoms with van der Waals surface area (Å²) in [6.45, 7) is 2.56. The smallest absolute Gasteiger partial charge is 0.354 e. The number of aromatic amines is 1. The van der Waals surface area contributed by atoms with Crippen LogP contribution in [0.4, 0.5) is 10.5 Å². The van der Waals surface area contributed by atoms with Gasteiger partial charge in [0.2, 0.25) is 0 Å². The lowest BCUT2D eigenvalue weighted by atomic mass is 10.3. The summed E-state index contributed by atoms with van der Waals surface area (Å²) >= 11 is 0. The van der Waals surface area contributed by atoms with E-state index in [1.807, 2.05) is 0 Å². The summed E-state index contributed by atoms with van der Waals surface area (Å²) in [4.78, 5) is 26.8. The molecule has 0 radical (unpaired) electrons. The van der Waals surface area contributed by atoms with Crippen molar-refractivity contribution < 1.29 is 19.4 Å². The largest absolute Gasteiger partial charge is 0.477 e. The summed E-state index contributed by atoms with van der Waals surface area (Å²) in [6, 6.07) is 1.19. The minimum Gasteiger partial charge on any atom is -0.477 e. The summed E-state index contributed by atoms with van der Waals surface area (Å²) in [5, 5.41) is 11.5. The molecule has 0 aromatic carbocycles. The molecule has 0 fully saturated rings. The number of aromatic nitrogens is 1. The number of methoxy groups -OCH3 is 1. The van der Waals surface area contributed by atoms with Crippen LogP contribution in [0.3, 0.4) is 0 Å². The van der Waals surface area contributed by atoms with E-state index in [0.29, 0.717) is 18.8 Å². The molecule has 18 heavy (non-hydrogen) atoms. The molecule has 0 saturated heterocycles. The average Bonchev–Trinajstić information content (AvgIpc) is 2.67. The maximum absolute atomic E-state index is 11.8. The highest BCUT2D eigenvalue weighted by molar-refractivity contribution is 5.99. The van der Waals surface area contributed by atoms with Gasteiger partial charge in [0.15, 0.2) is 0 Å². The predicted octanol–water partition coefficient (Wildman–Crippen LogP) is 1.13. The van der Waals surface area contributed by atoms with E-state index in [2.05, 4.69) is 10.3 Å². The van der Waals surface area contributed by atoms with Gasteiger partial charge in [0, 0.05) is 26.4 Å². The number of aromatic carboxylic acids is 1. The van der Waals surface area contributed by atoms with Crippen molar-refractivity contribution in [1.29, 1.82) is 0 Å². The highest BCUT2D eigenvalue weighted by Crippen LogP contribution is 2.17. The number of carbonyl (C=O) groups excluding carboxylic acids is 1. The number of nitrogens with zero attached hydrogens (tertiary/aromatic N) is 1. The monoisotopic (exact) mass is 255 g/mol. The van der Waals surface area contributed by atoms with E-state index in [9.17, 15) is 9.59 Å². The number of hydrogen-bond acceptors (Lipinski definition) is 3. The number of ether oxygens (including phenoxy) is 1. The summed E-state index contributed by atoms with van der Waals surface area (Å²) in [5.41, 5.74) is 0.900. The number of carboxylic acid groups (broad SMARTS) is 1. The zero-order chi connectivity index (χ0) is 13.7. The molecule has 1 heterocycles. The number of likely N-dealkylation sites (N-methyl/N-ethyl adjacent to an activating group) is 1. The second-order valence-corrected chi connectivity index (χ2v) is 3.89. The summed E-state index contributed by atoms with van der Waals surface area (Å²) < 4.78 is 4.86. The van der Waals surface area contributed by atoms with Crippen LogP contribution in [0.25, 0.3) is 0 Å². The molecule has 3 N–H and O–H groups in total. The lowest BCUT2D eigenvalue weighted by Gasteiger charge is -2.17. The standard InChI is InChI=1S/C11H17N3O4/c1-7-6-8(9(12-7)10(15)16)13-11(17)14(2)4-5-18-3/h6,12H,4-5H2,1-3H3,(H,13,17)(H,15,16). The molecule has 7 heteroatoms. The molecule has 1 rings (SSSR count). The molecule has 2 amide bonds. The van der Waals surface area contributed by atoms with Gasteiger partial charge in [-0.3, -0.25) is 0 Å². The van der Waals surface area contributed by atoms with Gasteiger partial charge in [0.05, 0.1) is 12.3 Å². The van der Waals surface area contributed by atoms with Gasteiger partial charge in [-0.1, -0.05) is 0 Å². The molecule has 0 saturated carbocycles. The number of aryl methyl sites for hydroxylation is 1. The summed E-state index contributed by atoms with van der Waals surface area (Å²) in [7, 11) is 3.15. The molecule has 0 aliphatic rings. The number of carbonyl (C=O) groups is 2. The zero-order valence-corrected chi connectivity index (χ0v) is 10.6. The molecule has 7 nitrogen and oxygen atoms in total. The van der Waals surface area contributed by atoms with Crippen LogP contribution in [0, 0.1) is 6.92 Å². The Morgan fingerprint density at radius 1 is 1.56 bits per heavy atom. The maximum Gasteiger partial charge on any atom is 0.354 e. The molecule has 0 aliphatic heterocycles. The van der Waals surface area contributed by atoms with Crippen molar-refractivity contribution in [2.75, 3.05) is 32.6 Å². The Kier molecular flexibility index (Phi) is 4.73. The molecular formula is C11H17N3O4. The van der Waals surface area contributed by atoms with E-state index in [4.69, 9.17) is 9.84 Å². The Hall–Kier alpha value is -2.02. The van der Waals surface area contributed by atoms with Crippen LogP contribution in [-0.2, 0) is 4.74 Å². The molecule has 0 unspecified atom stereocenters. The van der Waals surface area contributed by atoms with Crippen molar-refractivity contribution >= 4 is 17.7 Å². The van der Waals surface area contributed by atoms with E-state index in [-0.39, 0.29) is 17.4 Å². The SMILES string of the molecule is COCCN(C)C(=O)Nc1cc(C)[nH]c1C(=O)O. The Morgan fingerprint density at radius 2 is 2.22 bits per heavy atom. The second kappa shape index (κ2) is 6.06. The number of rotatable bonds is 5. The average molecular weight is 255 g/mol. The fraction of sp³-hybridized carbons (Fsp3) is 0.455. The summed E-state index contributed by atoms with van der Waals surface area (Å²) in [6.07, 6.45) is 0. The lowest BCUT2D eigenvalue weighted by Crippen LogP contribution is -2.34. The first-order chi connectivity index (χ1) is 8.45. The van der Waals surface area contributed by atoms with Crippen LogP contribution < -0.4 is 5.32 Å². The predicted molar refractivity (Wildman–Crippen MR) is 66.0 cm³/mol. The zero-order valence-electron chi connectivity index (χ0n) is 10.6. The first-order valence-electron chi connectivity index (χ1n) is 5.39. The number of nitrogens with one attached hydrogen (secondary N) is 2. The van der Waals surface area contributed by atoms with Crippen LogP contribution in [0.1, 0.15) is 16.2 Å². The number of urea groups is 1. The topological polar surface area (TPSA) is 94.7 Å². The Morgan fingerprint density at radius 3 is 2.78 bits per heavy atom. The number of hydrogen-bond donors (Lipinski definition) is 3. The highest BCUT2D eigenvalue weighted by atomic mass is 16.5. The second-order valence-electron chi connectivity index (χ2n) is 3.89. The number of amides is 2. The van der Waals surface area contributed by atoms with Gasteiger partial charge in [-0.25, -0.2) is 9.59 Å². The molecule has 1 aromatic rings. The Bertz CT molecular complexity index is 441.